The maximum Gasteiger partial charge on any atom is 0.296 e. The van der Waals surface area contributed by atoms with Crippen molar-refractivity contribution in [1.29, 1.82) is 0 Å². The van der Waals surface area contributed by atoms with Crippen molar-refractivity contribution in [3.63, 3.8) is 0 Å². The van der Waals surface area contributed by atoms with Crippen LogP contribution in [0.15, 0.2) is 18.3 Å². The Morgan fingerprint density at radius 3 is 3.00 bits per heavy atom. The van der Waals surface area contributed by atoms with Crippen molar-refractivity contribution < 1.29 is 4.92 Å². The van der Waals surface area contributed by atoms with E-state index in [1.807, 2.05) is 0 Å². The zero-order chi connectivity index (χ0) is 9.42. The zero-order valence-electron chi connectivity index (χ0n) is 6.32. The number of aromatic nitrogens is 2. The first-order chi connectivity index (χ1) is 6.18. The molecule has 0 aromatic carbocycles. The van der Waals surface area contributed by atoms with Gasteiger partial charge >= 0.3 is 0 Å². The first-order valence-corrected chi connectivity index (χ1v) is 3.84. The number of nitrogens with one attached hydrogen (secondary N) is 1. The van der Waals surface area contributed by atoms with Crippen molar-refractivity contribution in [2.45, 2.75) is 0 Å². The summed E-state index contributed by atoms with van der Waals surface area (Å²) in [4.78, 5) is 16.6. The molecule has 66 valence electrons. The van der Waals surface area contributed by atoms with Crippen molar-refractivity contribution in [1.82, 2.24) is 9.97 Å². The van der Waals surface area contributed by atoms with E-state index in [-0.39, 0.29) is 5.69 Å². The molecule has 0 saturated carbocycles. The maximum atomic E-state index is 10.5. The molecule has 0 saturated heterocycles. The SMILES string of the molecule is O=[N+]([O-])c1c[nH]c2nc(Cl)ccc12. The smallest absolute Gasteiger partial charge is 0.296 e. The third-order valence-electron chi connectivity index (χ3n) is 1.68. The Balaban J connectivity index is 2.76. The van der Waals surface area contributed by atoms with Crippen LogP contribution in [0, 0.1) is 10.1 Å². The van der Waals surface area contributed by atoms with Crippen molar-refractivity contribution in [3.8, 4) is 0 Å². The van der Waals surface area contributed by atoms with Gasteiger partial charge < -0.3 is 4.98 Å². The number of hydrogen-bond acceptors (Lipinski definition) is 3. The highest BCUT2D eigenvalue weighted by Crippen LogP contribution is 2.24. The van der Waals surface area contributed by atoms with Gasteiger partial charge in [-0.15, -0.1) is 0 Å². The molecule has 2 rings (SSSR count). The Morgan fingerprint density at radius 1 is 1.54 bits per heavy atom. The van der Waals surface area contributed by atoms with Gasteiger partial charge in [0.2, 0.25) is 0 Å². The third kappa shape index (κ3) is 1.23. The van der Waals surface area contributed by atoms with E-state index in [1.165, 1.54) is 12.3 Å². The number of nitro groups is 1. The van der Waals surface area contributed by atoms with E-state index in [4.69, 9.17) is 11.6 Å². The summed E-state index contributed by atoms with van der Waals surface area (Å²) in [6.45, 7) is 0. The largest absolute Gasteiger partial charge is 0.340 e. The minimum atomic E-state index is -0.464. The molecule has 0 aliphatic rings. The maximum absolute atomic E-state index is 10.5. The lowest BCUT2D eigenvalue weighted by Crippen LogP contribution is -1.85. The first-order valence-electron chi connectivity index (χ1n) is 3.46. The van der Waals surface area contributed by atoms with Crippen LogP contribution in [0.4, 0.5) is 5.69 Å². The number of pyridine rings is 1. The Hall–Kier alpha value is -1.62. The zero-order valence-corrected chi connectivity index (χ0v) is 7.08. The lowest BCUT2D eigenvalue weighted by Gasteiger charge is -1.89. The number of fused-ring (bicyclic) bond motifs is 1. The van der Waals surface area contributed by atoms with E-state index in [0.29, 0.717) is 16.2 Å². The van der Waals surface area contributed by atoms with Gasteiger partial charge in [-0.25, -0.2) is 4.98 Å². The quantitative estimate of drug-likeness (QED) is 0.432. The van der Waals surface area contributed by atoms with Crippen molar-refractivity contribution >= 4 is 28.3 Å². The number of H-pyrrole nitrogens is 1. The summed E-state index contributed by atoms with van der Waals surface area (Å²) in [6.07, 6.45) is 1.30. The van der Waals surface area contributed by atoms with Gasteiger partial charge in [0, 0.05) is 0 Å². The molecule has 0 unspecified atom stereocenters. The highest BCUT2D eigenvalue weighted by Gasteiger charge is 2.13. The molecule has 0 fully saturated rings. The van der Waals surface area contributed by atoms with Crippen LogP contribution >= 0.6 is 11.6 Å². The Bertz CT molecular complexity index is 480. The van der Waals surface area contributed by atoms with Crippen LogP contribution in [-0.4, -0.2) is 14.9 Å². The van der Waals surface area contributed by atoms with E-state index >= 15 is 0 Å². The van der Waals surface area contributed by atoms with Crippen LogP contribution < -0.4 is 0 Å². The van der Waals surface area contributed by atoms with E-state index in [2.05, 4.69) is 9.97 Å². The van der Waals surface area contributed by atoms with Crippen LogP contribution in [-0.2, 0) is 0 Å². The summed E-state index contributed by atoms with van der Waals surface area (Å²) in [7, 11) is 0. The third-order valence-corrected chi connectivity index (χ3v) is 1.89. The van der Waals surface area contributed by atoms with Crippen molar-refractivity contribution in [2.75, 3.05) is 0 Å². The van der Waals surface area contributed by atoms with Crippen LogP contribution in [0.1, 0.15) is 0 Å². The standard InChI is InChI=1S/C7H4ClN3O2/c8-6-2-1-4-5(11(12)13)3-9-7(4)10-6/h1-3H,(H,9,10). The predicted octanol–water partition coefficient (Wildman–Crippen LogP) is 2.12. The fourth-order valence-corrected chi connectivity index (χ4v) is 1.27. The number of halogens is 1. The van der Waals surface area contributed by atoms with Gasteiger partial charge in [0.1, 0.15) is 10.8 Å². The minimum absolute atomic E-state index is 0.0131. The minimum Gasteiger partial charge on any atom is -0.340 e. The molecule has 0 atom stereocenters. The number of aromatic amines is 1. The van der Waals surface area contributed by atoms with Crippen LogP contribution in [0.5, 0.6) is 0 Å². The first kappa shape index (κ1) is 8.00. The van der Waals surface area contributed by atoms with E-state index in [1.54, 1.807) is 6.07 Å². The van der Waals surface area contributed by atoms with Crippen LogP contribution in [0.25, 0.3) is 11.0 Å². The fraction of sp³-hybridized carbons (Fsp3) is 0. The van der Waals surface area contributed by atoms with Gasteiger partial charge in [0.15, 0.2) is 0 Å². The Labute approximate surface area is 77.5 Å². The molecule has 1 N–H and O–H groups in total. The topological polar surface area (TPSA) is 71.8 Å². The second kappa shape index (κ2) is 2.70. The summed E-state index contributed by atoms with van der Waals surface area (Å²) in [5, 5.41) is 11.3. The highest BCUT2D eigenvalue weighted by molar-refractivity contribution is 6.29. The van der Waals surface area contributed by atoms with Gasteiger partial charge in [-0.3, -0.25) is 10.1 Å². The Kier molecular flexibility index (Phi) is 1.66. The molecule has 2 heterocycles. The lowest BCUT2D eigenvalue weighted by molar-refractivity contribution is -0.383. The van der Waals surface area contributed by atoms with Crippen molar-refractivity contribution in [3.05, 3.63) is 33.6 Å². The number of nitrogens with zero attached hydrogens (tertiary/aromatic N) is 2. The normalized spacial score (nSPS) is 10.5. The molecule has 0 bridgehead atoms. The lowest BCUT2D eigenvalue weighted by atomic mass is 10.3. The van der Waals surface area contributed by atoms with Crippen LogP contribution in [0.3, 0.4) is 0 Å². The van der Waals surface area contributed by atoms with Gasteiger partial charge in [-0.1, -0.05) is 11.6 Å². The number of rotatable bonds is 1. The molecule has 0 aliphatic heterocycles. The highest BCUT2D eigenvalue weighted by atomic mass is 35.5. The van der Waals surface area contributed by atoms with Gasteiger partial charge in [-0.05, 0) is 12.1 Å². The van der Waals surface area contributed by atoms with Gasteiger partial charge in [0.25, 0.3) is 5.69 Å². The molecule has 0 radical (unpaired) electrons. The molecule has 13 heavy (non-hydrogen) atoms. The van der Waals surface area contributed by atoms with Crippen molar-refractivity contribution in [2.24, 2.45) is 0 Å². The summed E-state index contributed by atoms with van der Waals surface area (Å²) in [5.74, 6) is 0. The van der Waals surface area contributed by atoms with Gasteiger partial charge in [-0.2, -0.15) is 0 Å². The second-order valence-corrected chi connectivity index (χ2v) is 2.85. The van der Waals surface area contributed by atoms with E-state index in [0.717, 1.165) is 0 Å². The predicted molar refractivity (Wildman–Crippen MR) is 47.8 cm³/mol. The molecule has 2 aromatic heterocycles. The number of hydrogen-bond donors (Lipinski definition) is 1. The molecular weight excluding hydrogens is 194 g/mol. The van der Waals surface area contributed by atoms with Gasteiger partial charge in [0.05, 0.1) is 16.5 Å². The monoisotopic (exact) mass is 197 g/mol. The van der Waals surface area contributed by atoms with E-state index in [9.17, 15) is 10.1 Å². The molecular formula is C7H4ClN3O2. The summed E-state index contributed by atoms with van der Waals surface area (Å²) in [6, 6.07) is 3.09. The molecule has 0 aliphatic carbocycles. The summed E-state index contributed by atoms with van der Waals surface area (Å²) in [5.41, 5.74) is 0.443. The molecule has 0 spiro atoms. The Morgan fingerprint density at radius 2 is 2.31 bits per heavy atom. The molecule has 0 amide bonds. The molecule has 5 nitrogen and oxygen atoms in total. The van der Waals surface area contributed by atoms with E-state index < -0.39 is 4.92 Å². The fourth-order valence-electron chi connectivity index (χ4n) is 1.12. The summed E-state index contributed by atoms with van der Waals surface area (Å²) >= 11 is 5.61. The second-order valence-electron chi connectivity index (χ2n) is 2.46. The average Bonchev–Trinajstić information content (AvgIpc) is 2.46. The molecule has 2 aromatic rings. The van der Waals surface area contributed by atoms with Crippen LogP contribution in [0.2, 0.25) is 5.15 Å². The average molecular weight is 198 g/mol. The molecule has 6 heteroatoms. The summed E-state index contributed by atoms with van der Waals surface area (Å²) < 4.78 is 0.